The average Bonchev–Trinajstić information content (AvgIpc) is 2.50. The summed E-state index contributed by atoms with van der Waals surface area (Å²) in [6.07, 6.45) is 9.70. The van der Waals surface area contributed by atoms with Crippen molar-refractivity contribution in [3.05, 3.63) is 0 Å². The van der Waals surface area contributed by atoms with E-state index >= 15 is 0 Å². The maximum Gasteiger partial charge on any atom is 0.237 e. The minimum atomic E-state index is -0.554. The van der Waals surface area contributed by atoms with Crippen molar-refractivity contribution in [3.63, 3.8) is 0 Å². The van der Waals surface area contributed by atoms with E-state index in [1.807, 2.05) is 6.92 Å². The second-order valence-electron chi connectivity index (χ2n) is 6.65. The fraction of sp³-hybridized carbons (Fsp3) is 0.941. The van der Waals surface area contributed by atoms with E-state index in [2.05, 4.69) is 24.1 Å². The van der Waals surface area contributed by atoms with Crippen LogP contribution in [0.5, 0.6) is 0 Å². The Morgan fingerprint density at radius 1 is 1.29 bits per heavy atom. The van der Waals surface area contributed by atoms with Crippen LogP contribution in [0.2, 0.25) is 0 Å². The van der Waals surface area contributed by atoms with Crippen molar-refractivity contribution in [1.82, 2.24) is 10.2 Å². The number of carbonyl (C=O) groups is 1. The maximum atomic E-state index is 11.7. The van der Waals surface area contributed by atoms with Crippen LogP contribution in [-0.2, 0) is 4.79 Å². The zero-order chi connectivity index (χ0) is 15.7. The van der Waals surface area contributed by atoms with E-state index in [1.165, 1.54) is 32.1 Å². The van der Waals surface area contributed by atoms with E-state index in [4.69, 9.17) is 5.73 Å². The van der Waals surface area contributed by atoms with E-state index in [0.717, 1.165) is 44.9 Å². The third-order valence-electron chi connectivity index (χ3n) is 4.93. The number of nitrogens with zero attached hydrogens (tertiary/aromatic N) is 1. The topological polar surface area (TPSA) is 58.4 Å². The third kappa shape index (κ3) is 5.95. The molecule has 1 rings (SSSR count). The Kier molecular flexibility index (Phi) is 8.27. The van der Waals surface area contributed by atoms with Crippen LogP contribution < -0.4 is 11.1 Å². The molecule has 0 aromatic rings. The summed E-state index contributed by atoms with van der Waals surface area (Å²) in [5, 5.41) is 3.32. The lowest BCUT2D eigenvalue weighted by molar-refractivity contribution is -0.124. The lowest BCUT2D eigenvalue weighted by Gasteiger charge is -2.35. The van der Waals surface area contributed by atoms with Crippen LogP contribution in [0, 0.1) is 0 Å². The third-order valence-corrected chi connectivity index (χ3v) is 4.93. The second kappa shape index (κ2) is 9.42. The smallest absolute Gasteiger partial charge is 0.237 e. The first-order valence-electron chi connectivity index (χ1n) is 8.82. The molecule has 0 saturated heterocycles. The van der Waals surface area contributed by atoms with Crippen LogP contribution in [0.1, 0.15) is 72.1 Å². The second-order valence-corrected chi connectivity index (χ2v) is 6.65. The number of nitrogens with one attached hydrogen (secondary N) is 1. The summed E-state index contributed by atoms with van der Waals surface area (Å²) >= 11 is 0. The van der Waals surface area contributed by atoms with E-state index < -0.39 is 5.54 Å². The van der Waals surface area contributed by atoms with Crippen LogP contribution in [-0.4, -0.2) is 42.0 Å². The lowest BCUT2D eigenvalue weighted by Crippen LogP contribution is -2.53. The summed E-state index contributed by atoms with van der Waals surface area (Å²) in [5.41, 5.74) is 5.04. The fourth-order valence-corrected chi connectivity index (χ4v) is 3.38. The van der Waals surface area contributed by atoms with Crippen molar-refractivity contribution in [1.29, 1.82) is 0 Å². The summed E-state index contributed by atoms with van der Waals surface area (Å²) in [6, 6.07) is 0.757. The number of primary amides is 1. The highest BCUT2D eigenvalue weighted by molar-refractivity contribution is 5.84. The molecule has 4 heteroatoms. The van der Waals surface area contributed by atoms with Gasteiger partial charge in [-0.05, 0) is 58.7 Å². The highest BCUT2D eigenvalue weighted by Gasteiger charge is 2.30. The molecule has 1 amide bonds. The van der Waals surface area contributed by atoms with Crippen molar-refractivity contribution in [2.45, 2.75) is 83.7 Å². The number of nitrogens with two attached hydrogens (primary N) is 1. The van der Waals surface area contributed by atoms with Crippen molar-refractivity contribution < 1.29 is 4.79 Å². The minimum Gasteiger partial charge on any atom is -0.368 e. The highest BCUT2D eigenvalue weighted by atomic mass is 16.1. The number of amides is 1. The molecular formula is C17H35N3O. The Morgan fingerprint density at radius 2 is 1.95 bits per heavy atom. The maximum absolute atomic E-state index is 11.7. The standard InChI is InChI=1S/C17H35N3O/c1-4-13-19-17(3,16(18)21)12-9-14-20(5-2)15-10-7-6-8-11-15/h15,19H,4-14H2,1-3H3,(H2,18,21). The molecule has 0 radical (unpaired) electrons. The number of rotatable bonds is 10. The molecule has 1 saturated carbocycles. The number of carbonyl (C=O) groups excluding carboxylic acids is 1. The number of hydrogen-bond donors (Lipinski definition) is 2. The van der Waals surface area contributed by atoms with Crippen molar-refractivity contribution >= 4 is 5.91 Å². The van der Waals surface area contributed by atoms with Gasteiger partial charge in [-0.15, -0.1) is 0 Å². The molecule has 1 aliphatic rings. The quantitative estimate of drug-likeness (QED) is 0.652. The van der Waals surface area contributed by atoms with Gasteiger partial charge in [-0.2, -0.15) is 0 Å². The zero-order valence-electron chi connectivity index (χ0n) is 14.3. The van der Waals surface area contributed by atoms with Gasteiger partial charge in [0.1, 0.15) is 0 Å². The summed E-state index contributed by atoms with van der Waals surface area (Å²) < 4.78 is 0. The largest absolute Gasteiger partial charge is 0.368 e. The van der Waals surface area contributed by atoms with Gasteiger partial charge in [0.15, 0.2) is 0 Å². The van der Waals surface area contributed by atoms with Gasteiger partial charge in [0.25, 0.3) is 0 Å². The van der Waals surface area contributed by atoms with Crippen LogP contribution in [0.4, 0.5) is 0 Å². The Bertz CT molecular complexity index is 302. The first kappa shape index (κ1) is 18.4. The zero-order valence-corrected chi connectivity index (χ0v) is 14.3. The molecule has 0 bridgehead atoms. The molecule has 0 aromatic heterocycles. The number of hydrogen-bond acceptors (Lipinski definition) is 3. The Hall–Kier alpha value is -0.610. The average molecular weight is 297 g/mol. The van der Waals surface area contributed by atoms with Crippen molar-refractivity contribution in [3.8, 4) is 0 Å². The molecule has 4 nitrogen and oxygen atoms in total. The monoisotopic (exact) mass is 297 g/mol. The van der Waals surface area contributed by atoms with Crippen LogP contribution in [0.15, 0.2) is 0 Å². The summed E-state index contributed by atoms with van der Waals surface area (Å²) in [4.78, 5) is 14.3. The van der Waals surface area contributed by atoms with Gasteiger partial charge >= 0.3 is 0 Å². The van der Waals surface area contributed by atoms with E-state index in [9.17, 15) is 4.79 Å². The Morgan fingerprint density at radius 3 is 2.48 bits per heavy atom. The van der Waals surface area contributed by atoms with Gasteiger partial charge in [-0.1, -0.05) is 33.1 Å². The Balaban J connectivity index is 2.41. The molecule has 0 spiro atoms. The van der Waals surface area contributed by atoms with Gasteiger partial charge in [-0.25, -0.2) is 0 Å². The molecular weight excluding hydrogens is 262 g/mol. The van der Waals surface area contributed by atoms with Gasteiger partial charge in [0.2, 0.25) is 5.91 Å². The first-order valence-corrected chi connectivity index (χ1v) is 8.82. The van der Waals surface area contributed by atoms with Gasteiger partial charge in [0, 0.05) is 6.04 Å². The summed E-state index contributed by atoms with van der Waals surface area (Å²) in [5.74, 6) is -0.225. The normalized spacial score (nSPS) is 19.6. The molecule has 0 heterocycles. The molecule has 1 unspecified atom stereocenters. The summed E-state index contributed by atoms with van der Waals surface area (Å²) in [6.45, 7) is 9.34. The highest BCUT2D eigenvalue weighted by Crippen LogP contribution is 2.23. The molecule has 0 aromatic carbocycles. The lowest BCUT2D eigenvalue weighted by atomic mass is 9.92. The van der Waals surface area contributed by atoms with Crippen molar-refractivity contribution in [2.24, 2.45) is 5.73 Å². The van der Waals surface area contributed by atoms with Gasteiger partial charge in [-0.3, -0.25) is 4.79 Å². The molecule has 1 fully saturated rings. The molecule has 124 valence electrons. The first-order chi connectivity index (χ1) is 10.0. The van der Waals surface area contributed by atoms with Crippen LogP contribution in [0.25, 0.3) is 0 Å². The predicted octanol–water partition coefficient (Wildman–Crippen LogP) is 2.66. The predicted molar refractivity (Wildman–Crippen MR) is 89.2 cm³/mol. The van der Waals surface area contributed by atoms with Crippen molar-refractivity contribution in [2.75, 3.05) is 19.6 Å². The van der Waals surface area contributed by atoms with Gasteiger partial charge in [0.05, 0.1) is 5.54 Å². The summed E-state index contributed by atoms with van der Waals surface area (Å²) in [7, 11) is 0. The van der Waals surface area contributed by atoms with E-state index in [1.54, 1.807) is 0 Å². The SMILES string of the molecule is CCCNC(C)(CCCN(CC)C1CCCCC1)C(N)=O. The molecule has 3 N–H and O–H groups in total. The van der Waals surface area contributed by atoms with Crippen LogP contribution in [0.3, 0.4) is 0 Å². The Labute approximate surface area is 130 Å². The van der Waals surface area contributed by atoms with E-state index in [0.29, 0.717) is 0 Å². The molecule has 21 heavy (non-hydrogen) atoms. The molecule has 0 aliphatic heterocycles. The van der Waals surface area contributed by atoms with Crippen LogP contribution >= 0.6 is 0 Å². The molecule has 1 aliphatic carbocycles. The van der Waals surface area contributed by atoms with Gasteiger partial charge < -0.3 is 16.0 Å². The molecule has 1 atom stereocenters. The van der Waals surface area contributed by atoms with E-state index in [-0.39, 0.29) is 5.91 Å². The fourth-order valence-electron chi connectivity index (χ4n) is 3.38. The minimum absolute atomic E-state index is 0.225.